The van der Waals surface area contributed by atoms with Gasteiger partial charge in [-0.05, 0) is 19.2 Å². The molecule has 0 fully saturated rings. The third-order valence-electron chi connectivity index (χ3n) is 1.13. The molecule has 1 heterocycles. The average Bonchev–Trinajstić information content (AvgIpc) is 2.13. The normalized spacial score (nSPS) is 10.9. The number of nitrogen functional groups attached to an aromatic ring is 1. The lowest BCUT2D eigenvalue weighted by Gasteiger charge is -1.90. The third-order valence-corrected chi connectivity index (χ3v) is 1.13. The zero-order valence-corrected chi connectivity index (χ0v) is 5.78. The Morgan fingerprint density at radius 1 is 1.70 bits per heavy atom. The first-order chi connectivity index (χ1) is 4.74. The molecule has 4 N–H and O–H groups in total. The monoisotopic (exact) mass is 138 g/mol. The summed E-state index contributed by atoms with van der Waals surface area (Å²) in [5, 5.41) is 0. The highest BCUT2D eigenvalue weighted by Gasteiger charge is 1.95. The van der Waals surface area contributed by atoms with E-state index in [1.54, 1.807) is 12.3 Å². The molecule has 10 heavy (non-hydrogen) atoms. The second-order valence-electron chi connectivity index (χ2n) is 2.01. The van der Waals surface area contributed by atoms with Crippen LogP contribution in [0.5, 0.6) is 0 Å². The van der Waals surface area contributed by atoms with Gasteiger partial charge in [0.1, 0.15) is 0 Å². The van der Waals surface area contributed by atoms with Crippen LogP contribution in [-0.2, 0) is 0 Å². The standard InChI is InChI=1S/C6H10N4/c1-5-4-10(8)6(9-5)2-3-7/h2-4H,7-8H2,1H3/b3-2-. The van der Waals surface area contributed by atoms with Crippen molar-refractivity contribution >= 4 is 6.08 Å². The molecule has 0 radical (unpaired) electrons. The van der Waals surface area contributed by atoms with Crippen molar-refractivity contribution in [3.8, 4) is 0 Å². The van der Waals surface area contributed by atoms with Gasteiger partial charge in [-0.15, -0.1) is 0 Å². The first-order valence-corrected chi connectivity index (χ1v) is 2.93. The smallest absolute Gasteiger partial charge is 0.152 e. The minimum atomic E-state index is 0.667. The van der Waals surface area contributed by atoms with Crippen molar-refractivity contribution in [2.24, 2.45) is 5.73 Å². The van der Waals surface area contributed by atoms with Gasteiger partial charge in [0, 0.05) is 6.20 Å². The van der Waals surface area contributed by atoms with Crippen molar-refractivity contribution in [2.75, 3.05) is 5.84 Å². The number of hydrogen-bond donors (Lipinski definition) is 2. The summed E-state index contributed by atoms with van der Waals surface area (Å²) in [6, 6.07) is 0. The van der Waals surface area contributed by atoms with Gasteiger partial charge in [0.25, 0.3) is 0 Å². The summed E-state index contributed by atoms with van der Waals surface area (Å²) in [5.41, 5.74) is 6.03. The van der Waals surface area contributed by atoms with E-state index < -0.39 is 0 Å². The largest absolute Gasteiger partial charge is 0.404 e. The van der Waals surface area contributed by atoms with Gasteiger partial charge >= 0.3 is 0 Å². The maximum absolute atomic E-state index is 5.47. The Hall–Kier alpha value is -1.45. The van der Waals surface area contributed by atoms with Crippen molar-refractivity contribution in [3.05, 3.63) is 23.9 Å². The summed E-state index contributed by atoms with van der Waals surface area (Å²) >= 11 is 0. The van der Waals surface area contributed by atoms with E-state index in [0.717, 1.165) is 5.69 Å². The molecule has 0 amide bonds. The predicted molar refractivity (Wildman–Crippen MR) is 40.3 cm³/mol. The summed E-state index contributed by atoms with van der Waals surface area (Å²) < 4.78 is 1.43. The predicted octanol–water partition coefficient (Wildman–Crippen LogP) is -0.165. The first-order valence-electron chi connectivity index (χ1n) is 2.93. The Morgan fingerprint density at radius 2 is 2.40 bits per heavy atom. The second-order valence-corrected chi connectivity index (χ2v) is 2.01. The van der Waals surface area contributed by atoms with Crippen LogP contribution in [0.3, 0.4) is 0 Å². The van der Waals surface area contributed by atoms with E-state index >= 15 is 0 Å². The summed E-state index contributed by atoms with van der Waals surface area (Å²) in [6.07, 6.45) is 4.79. The van der Waals surface area contributed by atoms with Crippen LogP contribution in [0.15, 0.2) is 12.4 Å². The van der Waals surface area contributed by atoms with Gasteiger partial charge in [0.05, 0.1) is 5.69 Å². The van der Waals surface area contributed by atoms with Gasteiger partial charge in [0.2, 0.25) is 0 Å². The Bertz CT molecular complexity index is 248. The van der Waals surface area contributed by atoms with Crippen LogP contribution >= 0.6 is 0 Å². The number of nitrogens with two attached hydrogens (primary N) is 2. The first kappa shape index (κ1) is 6.67. The van der Waals surface area contributed by atoms with Gasteiger partial charge in [-0.1, -0.05) is 0 Å². The summed E-state index contributed by atoms with van der Waals surface area (Å²) in [4.78, 5) is 4.07. The number of rotatable bonds is 1. The van der Waals surface area contributed by atoms with Gasteiger partial charge in [0.15, 0.2) is 5.82 Å². The molecular weight excluding hydrogens is 128 g/mol. The van der Waals surface area contributed by atoms with Gasteiger partial charge < -0.3 is 11.6 Å². The van der Waals surface area contributed by atoms with Crippen molar-refractivity contribution < 1.29 is 0 Å². The van der Waals surface area contributed by atoms with Crippen LogP contribution in [0.1, 0.15) is 11.5 Å². The highest BCUT2D eigenvalue weighted by Crippen LogP contribution is 1.98. The molecule has 0 aliphatic heterocycles. The minimum Gasteiger partial charge on any atom is -0.404 e. The molecule has 0 unspecified atom stereocenters. The van der Waals surface area contributed by atoms with Crippen LogP contribution in [0.4, 0.5) is 0 Å². The van der Waals surface area contributed by atoms with Crippen molar-refractivity contribution in [1.82, 2.24) is 9.66 Å². The van der Waals surface area contributed by atoms with Crippen molar-refractivity contribution in [3.63, 3.8) is 0 Å². The van der Waals surface area contributed by atoms with Crippen LogP contribution in [0.2, 0.25) is 0 Å². The fourth-order valence-electron chi connectivity index (χ4n) is 0.744. The van der Waals surface area contributed by atoms with E-state index in [4.69, 9.17) is 11.6 Å². The van der Waals surface area contributed by atoms with Gasteiger partial charge in [-0.25, -0.2) is 4.98 Å². The van der Waals surface area contributed by atoms with Gasteiger partial charge in [-0.3, -0.25) is 4.68 Å². The summed E-state index contributed by atoms with van der Waals surface area (Å²) in [5.74, 6) is 6.14. The molecule has 0 bridgehead atoms. The molecule has 0 saturated heterocycles. The minimum absolute atomic E-state index is 0.667. The maximum Gasteiger partial charge on any atom is 0.152 e. The van der Waals surface area contributed by atoms with E-state index in [1.807, 2.05) is 6.92 Å². The SMILES string of the molecule is Cc1cn(N)c(/C=C\N)n1. The Kier molecular flexibility index (Phi) is 1.62. The molecule has 0 spiro atoms. The number of aryl methyl sites for hydroxylation is 1. The highest BCUT2D eigenvalue weighted by atomic mass is 15.3. The molecule has 1 aromatic rings. The molecule has 0 saturated carbocycles. The Balaban J connectivity index is 3.03. The molecule has 0 aliphatic rings. The van der Waals surface area contributed by atoms with E-state index in [0.29, 0.717) is 5.82 Å². The third kappa shape index (κ3) is 1.10. The maximum atomic E-state index is 5.47. The molecular formula is C6H10N4. The van der Waals surface area contributed by atoms with E-state index in [9.17, 15) is 0 Å². The topological polar surface area (TPSA) is 69.9 Å². The molecule has 1 rings (SSSR count). The molecule has 4 nitrogen and oxygen atoms in total. The zero-order chi connectivity index (χ0) is 7.56. The number of imidazole rings is 1. The van der Waals surface area contributed by atoms with E-state index in [-0.39, 0.29) is 0 Å². The van der Waals surface area contributed by atoms with Crippen LogP contribution < -0.4 is 11.6 Å². The second kappa shape index (κ2) is 2.43. The summed E-state index contributed by atoms with van der Waals surface area (Å²) in [7, 11) is 0. The molecule has 4 heteroatoms. The summed E-state index contributed by atoms with van der Waals surface area (Å²) in [6.45, 7) is 1.87. The number of aromatic nitrogens is 2. The van der Waals surface area contributed by atoms with Crippen LogP contribution in [0, 0.1) is 6.92 Å². The molecule has 1 aromatic heterocycles. The highest BCUT2D eigenvalue weighted by molar-refractivity contribution is 5.40. The fraction of sp³-hybridized carbons (Fsp3) is 0.167. The zero-order valence-electron chi connectivity index (χ0n) is 5.78. The van der Waals surface area contributed by atoms with E-state index in [2.05, 4.69) is 4.98 Å². The quantitative estimate of drug-likeness (QED) is 0.529. The molecule has 0 aliphatic carbocycles. The van der Waals surface area contributed by atoms with E-state index in [1.165, 1.54) is 10.9 Å². The van der Waals surface area contributed by atoms with Crippen molar-refractivity contribution in [1.29, 1.82) is 0 Å². The van der Waals surface area contributed by atoms with Gasteiger partial charge in [-0.2, -0.15) is 0 Å². The lowest BCUT2D eigenvalue weighted by Crippen LogP contribution is -2.08. The molecule has 0 atom stereocenters. The molecule has 54 valence electrons. The molecule has 0 aromatic carbocycles. The lowest BCUT2D eigenvalue weighted by atomic mass is 10.5. The van der Waals surface area contributed by atoms with Crippen LogP contribution in [-0.4, -0.2) is 9.66 Å². The number of hydrogen-bond acceptors (Lipinski definition) is 3. The average molecular weight is 138 g/mol. The lowest BCUT2D eigenvalue weighted by molar-refractivity contribution is 0.979. The Labute approximate surface area is 59.1 Å². The Morgan fingerprint density at radius 3 is 2.80 bits per heavy atom. The van der Waals surface area contributed by atoms with Crippen LogP contribution in [0.25, 0.3) is 6.08 Å². The number of nitrogens with zero attached hydrogens (tertiary/aromatic N) is 2. The fourth-order valence-corrected chi connectivity index (χ4v) is 0.744. The van der Waals surface area contributed by atoms with Crippen molar-refractivity contribution in [2.45, 2.75) is 6.92 Å².